The van der Waals surface area contributed by atoms with Gasteiger partial charge in [-0.15, -0.1) is 0 Å². The molecule has 190 valence electrons. The van der Waals surface area contributed by atoms with E-state index in [2.05, 4.69) is 14.7 Å². The Morgan fingerprint density at radius 3 is 2.31 bits per heavy atom. The van der Waals surface area contributed by atoms with Crippen LogP contribution in [0.4, 0.5) is 5.69 Å². The largest absolute Gasteiger partial charge is 0.487 e. The molecule has 0 spiro atoms. The van der Waals surface area contributed by atoms with Crippen LogP contribution in [0.5, 0.6) is 5.75 Å². The van der Waals surface area contributed by atoms with E-state index in [9.17, 15) is 13.2 Å². The number of anilines is 1. The maximum absolute atomic E-state index is 13.6. The highest BCUT2D eigenvalue weighted by atomic mass is 32.2. The van der Waals surface area contributed by atoms with Crippen molar-refractivity contribution in [3.8, 4) is 17.1 Å². The van der Waals surface area contributed by atoms with Gasteiger partial charge in [0.15, 0.2) is 5.82 Å². The highest BCUT2D eigenvalue weighted by molar-refractivity contribution is 7.92. The number of furan rings is 1. The van der Waals surface area contributed by atoms with Crippen molar-refractivity contribution in [2.45, 2.75) is 59.3 Å². The molecule has 4 aromatic rings. The maximum Gasteiger partial charge on any atom is 0.439 e. The van der Waals surface area contributed by atoms with E-state index in [0.717, 1.165) is 22.3 Å². The van der Waals surface area contributed by atoms with Gasteiger partial charge in [0.05, 0.1) is 5.69 Å². The fourth-order valence-electron chi connectivity index (χ4n) is 3.91. The molecule has 0 radical (unpaired) electrons. The zero-order valence-electron chi connectivity index (χ0n) is 21.1. The molecule has 9 nitrogen and oxygen atoms in total. The Bertz CT molecular complexity index is 1560. The third-order valence-electron chi connectivity index (χ3n) is 5.95. The van der Waals surface area contributed by atoms with Crippen LogP contribution in [0.2, 0.25) is 0 Å². The lowest BCUT2D eigenvalue weighted by Crippen LogP contribution is -2.37. The topological polar surface area (TPSA) is 119 Å². The van der Waals surface area contributed by atoms with Crippen LogP contribution in [-0.2, 0) is 16.6 Å². The molecule has 1 N–H and O–H groups in total. The van der Waals surface area contributed by atoms with Gasteiger partial charge in [-0.2, -0.15) is 8.42 Å². The van der Waals surface area contributed by atoms with Crippen molar-refractivity contribution in [3.63, 3.8) is 0 Å². The van der Waals surface area contributed by atoms with Crippen molar-refractivity contribution in [2.24, 2.45) is 0 Å². The molecule has 2 heterocycles. The number of hydrogen-bond donors (Lipinski definition) is 1. The summed E-state index contributed by atoms with van der Waals surface area (Å²) >= 11 is 0. The van der Waals surface area contributed by atoms with E-state index >= 15 is 0 Å². The van der Waals surface area contributed by atoms with E-state index in [1.54, 1.807) is 13.0 Å². The van der Waals surface area contributed by atoms with Crippen molar-refractivity contribution >= 4 is 15.7 Å². The van der Waals surface area contributed by atoms with Crippen LogP contribution in [-0.4, -0.2) is 24.6 Å². The van der Waals surface area contributed by atoms with Gasteiger partial charge in [-0.3, -0.25) is 13.8 Å². The normalized spacial score (nSPS) is 11.8. The minimum atomic E-state index is -3.97. The number of aryl methyl sites for hydroxylation is 4. The van der Waals surface area contributed by atoms with E-state index in [1.165, 1.54) is 10.4 Å². The van der Waals surface area contributed by atoms with Gasteiger partial charge in [-0.1, -0.05) is 17.3 Å². The molecule has 2 aromatic heterocycles. The molecule has 0 unspecified atom stereocenters. The minimum Gasteiger partial charge on any atom is -0.487 e. The zero-order chi connectivity index (χ0) is 26.2. The van der Waals surface area contributed by atoms with Gasteiger partial charge in [0.25, 0.3) is 10.0 Å². The third kappa shape index (κ3) is 4.94. The smallest absolute Gasteiger partial charge is 0.439 e. The van der Waals surface area contributed by atoms with E-state index in [1.807, 2.05) is 65.0 Å². The van der Waals surface area contributed by atoms with E-state index in [0.29, 0.717) is 28.6 Å². The predicted molar refractivity (Wildman–Crippen MR) is 136 cm³/mol. The molecule has 0 aliphatic heterocycles. The van der Waals surface area contributed by atoms with Crippen LogP contribution in [0.25, 0.3) is 11.4 Å². The van der Waals surface area contributed by atoms with Crippen molar-refractivity contribution in [1.29, 1.82) is 0 Å². The van der Waals surface area contributed by atoms with Crippen LogP contribution >= 0.6 is 0 Å². The Balaban J connectivity index is 1.69. The number of benzene rings is 2. The Kier molecular flexibility index (Phi) is 6.81. The molecule has 0 aliphatic rings. The number of nitrogens with one attached hydrogen (secondary N) is 1. The second-order valence-corrected chi connectivity index (χ2v) is 10.8. The average molecular weight is 512 g/mol. The molecule has 2 aromatic carbocycles. The summed E-state index contributed by atoms with van der Waals surface area (Å²) in [5.74, 6) is 0.690. The molecule has 10 heteroatoms. The quantitative estimate of drug-likeness (QED) is 0.352. The van der Waals surface area contributed by atoms with Crippen molar-refractivity contribution in [1.82, 2.24) is 10.1 Å². The van der Waals surface area contributed by atoms with Crippen molar-refractivity contribution in [2.75, 3.05) is 4.31 Å². The number of hydrogen-bond acceptors (Lipinski definition) is 7. The lowest BCUT2D eigenvalue weighted by molar-refractivity contribution is 0.305. The van der Waals surface area contributed by atoms with Crippen LogP contribution in [0, 0.1) is 27.7 Å². The second-order valence-electron chi connectivity index (χ2n) is 9.04. The first kappa shape index (κ1) is 25.3. The van der Waals surface area contributed by atoms with Crippen molar-refractivity contribution in [3.05, 3.63) is 81.0 Å². The standard InChI is InChI=1S/C26H29N3O6S/c1-15(2)29(36(31,32)24-10-7-19(6)34-24)22-12-16(3)17(4)13-23(22)33-14-21-9-8-20(11-18(21)5)25-27-26(30)35-28-25/h7-13,15H,14H2,1-6H3,(H,27,28,30). The second kappa shape index (κ2) is 9.69. The van der Waals surface area contributed by atoms with E-state index in [-0.39, 0.29) is 11.7 Å². The molecule has 0 saturated heterocycles. The molecular weight excluding hydrogens is 482 g/mol. The number of aromatic nitrogens is 2. The number of H-pyrrole nitrogens is 1. The molecular formula is C26H29N3O6S. The number of sulfonamides is 1. The number of nitrogens with zero attached hydrogens (tertiary/aromatic N) is 2. The Labute approximate surface area is 209 Å². The van der Waals surface area contributed by atoms with Gasteiger partial charge in [-0.25, -0.2) is 4.79 Å². The number of aromatic amines is 1. The van der Waals surface area contributed by atoms with E-state index in [4.69, 9.17) is 9.15 Å². The van der Waals surface area contributed by atoms with Gasteiger partial charge in [0.1, 0.15) is 18.1 Å². The highest BCUT2D eigenvalue weighted by Gasteiger charge is 2.32. The van der Waals surface area contributed by atoms with Gasteiger partial charge in [-0.05, 0) is 94.1 Å². The van der Waals surface area contributed by atoms with Crippen LogP contribution in [0.3, 0.4) is 0 Å². The molecule has 36 heavy (non-hydrogen) atoms. The maximum atomic E-state index is 13.6. The summed E-state index contributed by atoms with van der Waals surface area (Å²) < 4.78 is 44.8. The summed E-state index contributed by atoms with van der Waals surface area (Å²) in [4.78, 5) is 13.8. The first-order valence-electron chi connectivity index (χ1n) is 11.5. The summed E-state index contributed by atoms with van der Waals surface area (Å²) in [6.07, 6.45) is 0. The van der Waals surface area contributed by atoms with Crippen molar-refractivity contribution < 1.29 is 22.1 Å². The van der Waals surface area contributed by atoms with Crippen LogP contribution < -0.4 is 14.8 Å². The molecule has 4 rings (SSSR count). The monoisotopic (exact) mass is 511 g/mol. The number of rotatable bonds is 8. The fraction of sp³-hybridized carbons (Fsp3) is 0.308. The predicted octanol–water partition coefficient (Wildman–Crippen LogP) is 5.04. The lowest BCUT2D eigenvalue weighted by Gasteiger charge is -2.29. The lowest BCUT2D eigenvalue weighted by atomic mass is 10.1. The summed E-state index contributed by atoms with van der Waals surface area (Å²) in [5.41, 5.74) is 4.88. The van der Waals surface area contributed by atoms with Crippen LogP contribution in [0.1, 0.15) is 41.9 Å². The summed E-state index contributed by atoms with van der Waals surface area (Å²) in [6.45, 7) is 11.3. The Morgan fingerprint density at radius 2 is 1.72 bits per heavy atom. The first-order valence-corrected chi connectivity index (χ1v) is 12.9. The fourth-order valence-corrected chi connectivity index (χ4v) is 5.54. The molecule has 0 amide bonds. The summed E-state index contributed by atoms with van der Waals surface area (Å²) in [6, 6.07) is 11.9. The Morgan fingerprint density at radius 1 is 1.00 bits per heavy atom. The Hall–Kier alpha value is -3.79. The van der Waals surface area contributed by atoms with Crippen LogP contribution in [0.15, 0.2) is 61.3 Å². The summed E-state index contributed by atoms with van der Waals surface area (Å²) in [5, 5.41) is 3.61. The average Bonchev–Trinajstić information content (AvgIpc) is 3.44. The molecule has 0 bridgehead atoms. The summed E-state index contributed by atoms with van der Waals surface area (Å²) in [7, 11) is -3.97. The van der Waals surface area contributed by atoms with Gasteiger partial charge in [0, 0.05) is 11.6 Å². The van der Waals surface area contributed by atoms with Gasteiger partial charge in [0.2, 0.25) is 5.09 Å². The number of ether oxygens (including phenoxy) is 1. The SMILES string of the molecule is Cc1ccc(S(=O)(=O)N(c2cc(C)c(C)cc2OCc2ccc(-c3noc(=O)[nH]3)cc2C)C(C)C)o1. The molecule has 0 aliphatic carbocycles. The van der Waals surface area contributed by atoms with Gasteiger partial charge >= 0.3 is 5.76 Å². The molecule has 0 saturated carbocycles. The molecule has 0 atom stereocenters. The minimum absolute atomic E-state index is 0.116. The van der Waals surface area contributed by atoms with Gasteiger partial charge < -0.3 is 9.15 Å². The molecule has 0 fully saturated rings. The van der Waals surface area contributed by atoms with E-state index < -0.39 is 21.8 Å². The third-order valence-corrected chi connectivity index (χ3v) is 7.81. The highest BCUT2D eigenvalue weighted by Crippen LogP contribution is 2.37. The first-order chi connectivity index (χ1) is 17.0. The zero-order valence-corrected chi connectivity index (χ0v) is 21.9.